The Morgan fingerprint density at radius 2 is 1.77 bits per heavy atom. The highest BCUT2D eigenvalue weighted by atomic mass is 35.5. The zero-order valence-electron chi connectivity index (χ0n) is 14.5. The summed E-state index contributed by atoms with van der Waals surface area (Å²) in [6.07, 6.45) is 0. The molecule has 0 aliphatic heterocycles. The first-order valence-corrected chi connectivity index (χ1v) is 8.73. The van der Waals surface area contributed by atoms with Gasteiger partial charge in [-0.3, -0.25) is 0 Å². The summed E-state index contributed by atoms with van der Waals surface area (Å²) in [7, 11) is 0. The van der Waals surface area contributed by atoms with Gasteiger partial charge in [0.2, 0.25) is 0 Å². The number of ether oxygens (including phenoxy) is 1. The first-order valence-electron chi connectivity index (χ1n) is 7.97. The maximum absolute atomic E-state index is 12.5. The average molecular weight is 390 g/mol. The van der Waals surface area contributed by atoms with E-state index < -0.39 is 11.6 Å². The third-order valence-corrected chi connectivity index (χ3v) is 4.10. The third-order valence-electron chi connectivity index (χ3n) is 3.63. The van der Waals surface area contributed by atoms with Crippen LogP contribution in [0.2, 0.25) is 10.0 Å². The summed E-state index contributed by atoms with van der Waals surface area (Å²) in [4.78, 5) is 16.8. The normalized spacial score (nSPS) is 11.6. The molecule has 6 heteroatoms. The monoisotopic (exact) mass is 389 g/mol. The number of rotatable bonds is 2. The zero-order valence-corrected chi connectivity index (χ0v) is 16.0. The number of carbonyl (C=O) groups excluding carboxylic acids is 1. The van der Waals surface area contributed by atoms with Gasteiger partial charge in [-0.05, 0) is 56.7 Å². The largest absolute Gasteiger partial charge is 0.505 e. The van der Waals surface area contributed by atoms with Gasteiger partial charge in [0.25, 0.3) is 0 Å². The van der Waals surface area contributed by atoms with E-state index in [0.717, 1.165) is 0 Å². The van der Waals surface area contributed by atoms with Crippen LogP contribution >= 0.6 is 23.2 Å². The van der Waals surface area contributed by atoms with Gasteiger partial charge in [-0.1, -0.05) is 35.3 Å². The lowest BCUT2D eigenvalue weighted by Gasteiger charge is -2.20. The van der Waals surface area contributed by atoms with Gasteiger partial charge in [0, 0.05) is 21.0 Å². The van der Waals surface area contributed by atoms with Crippen molar-refractivity contribution in [1.29, 1.82) is 0 Å². The quantitative estimate of drug-likeness (QED) is 0.556. The minimum absolute atomic E-state index is 0.148. The second-order valence-corrected chi connectivity index (χ2v) is 7.73. The van der Waals surface area contributed by atoms with Crippen LogP contribution in [0.1, 0.15) is 31.3 Å². The van der Waals surface area contributed by atoms with Crippen molar-refractivity contribution in [3.05, 3.63) is 58.2 Å². The van der Waals surface area contributed by atoms with E-state index in [9.17, 15) is 9.90 Å². The van der Waals surface area contributed by atoms with Gasteiger partial charge in [0.15, 0.2) is 11.4 Å². The Hall–Kier alpha value is -2.30. The van der Waals surface area contributed by atoms with Crippen LogP contribution in [0.5, 0.6) is 5.75 Å². The Bertz CT molecular complexity index is 1010. The standard InChI is InChI=1S/C20H17Cl2NO3/c1-20(2,3)26-19(25)17-18(24)16(11-5-4-6-12(21)9-11)14-10-13(22)7-8-15(14)23-17/h4-10,24H,1-3H3. The summed E-state index contributed by atoms with van der Waals surface area (Å²) >= 11 is 12.2. The van der Waals surface area contributed by atoms with Crippen LogP contribution in [0.15, 0.2) is 42.5 Å². The Morgan fingerprint density at radius 3 is 2.42 bits per heavy atom. The van der Waals surface area contributed by atoms with Crippen molar-refractivity contribution in [3.63, 3.8) is 0 Å². The van der Waals surface area contributed by atoms with Crippen molar-refractivity contribution in [2.75, 3.05) is 0 Å². The first kappa shape index (κ1) is 18.5. The fourth-order valence-corrected chi connectivity index (χ4v) is 2.99. The van der Waals surface area contributed by atoms with Gasteiger partial charge >= 0.3 is 5.97 Å². The Kier molecular flexibility index (Phi) is 4.82. The molecule has 4 nitrogen and oxygen atoms in total. The van der Waals surface area contributed by atoms with Crippen molar-refractivity contribution in [1.82, 2.24) is 4.98 Å². The Balaban J connectivity index is 2.31. The van der Waals surface area contributed by atoms with Crippen LogP contribution in [-0.2, 0) is 4.74 Å². The summed E-state index contributed by atoms with van der Waals surface area (Å²) in [5, 5.41) is 12.5. The molecular weight excluding hydrogens is 373 g/mol. The van der Waals surface area contributed by atoms with Crippen LogP contribution in [0, 0.1) is 0 Å². The Labute approximate surface area is 161 Å². The molecule has 3 aromatic rings. The van der Waals surface area contributed by atoms with E-state index in [1.807, 2.05) is 0 Å². The van der Waals surface area contributed by atoms with E-state index in [1.165, 1.54) is 0 Å². The van der Waals surface area contributed by atoms with Crippen molar-refractivity contribution in [2.24, 2.45) is 0 Å². The van der Waals surface area contributed by atoms with Crippen molar-refractivity contribution in [3.8, 4) is 16.9 Å². The van der Waals surface area contributed by atoms with Gasteiger partial charge in [0.05, 0.1) is 5.52 Å². The number of fused-ring (bicyclic) bond motifs is 1. The molecule has 0 aliphatic rings. The highest BCUT2D eigenvalue weighted by Gasteiger charge is 2.26. The van der Waals surface area contributed by atoms with Crippen LogP contribution in [0.4, 0.5) is 0 Å². The minimum Gasteiger partial charge on any atom is -0.505 e. The maximum atomic E-state index is 12.5. The third kappa shape index (κ3) is 3.76. The number of halogens is 2. The van der Waals surface area contributed by atoms with Gasteiger partial charge in [-0.25, -0.2) is 9.78 Å². The van der Waals surface area contributed by atoms with E-state index in [1.54, 1.807) is 63.2 Å². The summed E-state index contributed by atoms with van der Waals surface area (Å²) in [5.74, 6) is -0.966. The lowest BCUT2D eigenvalue weighted by atomic mass is 9.98. The number of aromatic hydroxyl groups is 1. The number of hydrogen-bond donors (Lipinski definition) is 1. The van der Waals surface area contributed by atoms with Crippen LogP contribution in [-0.4, -0.2) is 21.7 Å². The molecule has 1 aromatic heterocycles. The summed E-state index contributed by atoms with van der Waals surface area (Å²) < 4.78 is 5.38. The highest BCUT2D eigenvalue weighted by Crippen LogP contribution is 2.39. The molecule has 0 saturated carbocycles. The highest BCUT2D eigenvalue weighted by molar-refractivity contribution is 6.32. The Morgan fingerprint density at radius 1 is 1.08 bits per heavy atom. The number of pyridine rings is 1. The smallest absolute Gasteiger partial charge is 0.361 e. The second kappa shape index (κ2) is 6.78. The molecule has 2 aromatic carbocycles. The molecule has 0 atom stereocenters. The van der Waals surface area contributed by atoms with E-state index in [-0.39, 0.29) is 11.4 Å². The van der Waals surface area contributed by atoms with Crippen LogP contribution in [0.25, 0.3) is 22.0 Å². The zero-order chi connectivity index (χ0) is 19.1. The molecule has 0 radical (unpaired) electrons. The van der Waals surface area contributed by atoms with Gasteiger partial charge in [0.1, 0.15) is 5.60 Å². The van der Waals surface area contributed by atoms with E-state index >= 15 is 0 Å². The molecule has 0 fully saturated rings. The van der Waals surface area contributed by atoms with Crippen molar-refractivity contribution in [2.45, 2.75) is 26.4 Å². The molecule has 3 rings (SSSR count). The summed E-state index contributed by atoms with van der Waals surface area (Å²) in [6.45, 7) is 5.25. The number of hydrogen-bond acceptors (Lipinski definition) is 4. The van der Waals surface area contributed by atoms with Crippen molar-refractivity contribution >= 4 is 40.1 Å². The first-order chi connectivity index (χ1) is 12.2. The second-order valence-electron chi connectivity index (χ2n) is 6.86. The summed E-state index contributed by atoms with van der Waals surface area (Å²) in [5.41, 5.74) is 0.735. The molecule has 0 bridgehead atoms. The van der Waals surface area contributed by atoms with E-state index in [4.69, 9.17) is 27.9 Å². The molecule has 0 spiro atoms. The molecular formula is C20H17Cl2NO3. The van der Waals surface area contributed by atoms with Gasteiger partial charge in [-0.2, -0.15) is 0 Å². The number of carbonyl (C=O) groups is 1. The topological polar surface area (TPSA) is 59.4 Å². The number of benzene rings is 2. The lowest BCUT2D eigenvalue weighted by Crippen LogP contribution is -2.24. The lowest BCUT2D eigenvalue weighted by molar-refractivity contribution is 0.00604. The van der Waals surface area contributed by atoms with Crippen molar-refractivity contribution < 1.29 is 14.6 Å². The SMILES string of the molecule is CC(C)(C)OC(=O)c1nc2ccc(Cl)cc2c(-c2cccc(Cl)c2)c1O. The fraction of sp³-hybridized carbons (Fsp3) is 0.200. The van der Waals surface area contributed by atoms with E-state index in [2.05, 4.69) is 4.98 Å². The predicted octanol–water partition coefficient (Wildman–Crippen LogP) is 5.87. The summed E-state index contributed by atoms with van der Waals surface area (Å²) in [6, 6.07) is 12.1. The van der Waals surface area contributed by atoms with Gasteiger partial charge < -0.3 is 9.84 Å². The minimum atomic E-state index is -0.712. The van der Waals surface area contributed by atoms with Crippen LogP contribution in [0.3, 0.4) is 0 Å². The molecule has 0 amide bonds. The molecule has 26 heavy (non-hydrogen) atoms. The molecule has 1 heterocycles. The average Bonchev–Trinajstić information content (AvgIpc) is 2.52. The van der Waals surface area contributed by atoms with Gasteiger partial charge in [-0.15, -0.1) is 0 Å². The predicted molar refractivity (Wildman–Crippen MR) is 104 cm³/mol. The van der Waals surface area contributed by atoms with Crippen LogP contribution < -0.4 is 0 Å². The molecule has 0 unspecified atom stereocenters. The number of aromatic nitrogens is 1. The molecule has 0 aliphatic carbocycles. The molecule has 1 N–H and O–H groups in total. The maximum Gasteiger partial charge on any atom is 0.361 e. The molecule has 0 saturated heterocycles. The fourth-order valence-electron chi connectivity index (χ4n) is 2.63. The molecule has 134 valence electrons. The van der Waals surface area contributed by atoms with E-state index in [0.29, 0.717) is 32.1 Å². The number of esters is 1. The number of nitrogens with zero attached hydrogens (tertiary/aromatic N) is 1.